The molecule has 3 aromatic rings. The number of ketones is 1. The molecule has 0 aliphatic heterocycles. The molecule has 2 aromatic carbocycles. The Balaban J connectivity index is 1.78. The fourth-order valence-electron chi connectivity index (χ4n) is 3.44. The molecule has 5 nitrogen and oxygen atoms in total. The molecular formula is C22H18BClF3N2O3S. The van der Waals surface area contributed by atoms with Gasteiger partial charge in [0.05, 0.1) is 11.3 Å². The Morgan fingerprint density at radius 3 is 2.39 bits per heavy atom. The van der Waals surface area contributed by atoms with Gasteiger partial charge in [-0.3, -0.25) is 4.79 Å². The van der Waals surface area contributed by atoms with Crippen LogP contribution in [0.1, 0.15) is 33.9 Å². The average Bonchev–Trinajstić information content (AvgIpc) is 2.75. The molecule has 1 radical (unpaired) electrons. The topological polar surface area (TPSA) is 77.0 Å². The van der Waals surface area contributed by atoms with Crippen molar-refractivity contribution in [3.63, 3.8) is 0 Å². The normalized spacial score (nSPS) is 12.4. The number of sulfone groups is 1. The minimum atomic E-state index is -4.26. The van der Waals surface area contributed by atoms with Crippen LogP contribution in [0.15, 0.2) is 53.6 Å². The van der Waals surface area contributed by atoms with Crippen molar-refractivity contribution in [1.82, 2.24) is 9.97 Å². The smallest absolute Gasteiger partial charge is 0.222 e. The molecule has 0 aliphatic carbocycles. The fraction of sp³-hybridized carbons (Fsp3) is 0.227. The van der Waals surface area contributed by atoms with E-state index in [9.17, 15) is 22.0 Å². The van der Waals surface area contributed by atoms with Crippen LogP contribution in [0, 0.1) is 17.5 Å². The number of carbonyl (C=O) groups excluding carboxylic acids is 1. The maximum Gasteiger partial charge on any atom is 0.222 e. The molecule has 0 saturated heterocycles. The molecule has 1 aromatic heterocycles. The number of aromatic nitrogens is 2. The maximum atomic E-state index is 15.1. The van der Waals surface area contributed by atoms with E-state index in [0.717, 1.165) is 18.2 Å². The van der Waals surface area contributed by atoms with Crippen molar-refractivity contribution in [2.45, 2.75) is 30.4 Å². The molecule has 1 heterocycles. The van der Waals surface area contributed by atoms with E-state index >= 15 is 4.39 Å². The molecule has 33 heavy (non-hydrogen) atoms. The first kappa shape index (κ1) is 24.9. The lowest BCUT2D eigenvalue weighted by Crippen LogP contribution is -2.21. The van der Waals surface area contributed by atoms with Gasteiger partial charge in [-0.1, -0.05) is 25.0 Å². The van der Waals surface area contributed by atoms with E-state index in [0.29, 0.717) is 5.69 Å². The van der Waals surface area contributed by atoms with Crippen molar-refractivity contribution in [2.24, 2.45) is 0 Å². The van der Waals surface area contributed by atoms with Gasteiger partial charge >= 0.3 is 0 Å². The second kappa shape index (κ2) is 10.5. The van der Waals surface area contributed by atoms with Gasteiger partial charge in [-0.2, -0.15) is 0 Å². The zero-order chi connectivity index (χ0) is 24.2. The predicted molar refractivity (Wildman–Crippen MR) is 119 cm³/mol. The second-order valence-electron chi connectivity index (χ2n) is 7.18. The first-order chi connectivity index (χ1) is 15.7. The Bertz CT molecular complexity index is 1270. The van der Waals surface area contributed by atoms with Gasteiger partial charge in [0.1, 0.15) is 29.6 Å². The standard InChI is InChI=1S/C22H18BClF3N2O3S/c1-23-18(17-10-11-28-22(24)29-17)20(30)14-7-2-5-13(19(14)27)6-4-12-33(31,32)21-15(25)8-3-9-16(21)26/h2-3,5,7-11,18H,4,6,12H2,1H3. The van der Waals surface area contributed by atoms with Crippen LogP contribution in [-0.2, 0) is 16.3 Å². The third-order valence-electron chi connectivity index (χ3n) is 5.02. The van der Waals surface area contributed by atoms with E-state index in [1.54, 1.807) is 14.1 Å². The van der Waals surface area contributed by atoms with Crippen molar-refractivity contribution >= 4 is 34.5 Å². The Morgan fingerprint density at radius 1 is 1.09 bits per heavy atom. The Kier molecular flexibility index (Phi) is 7.91. The number of halogens is 4. The highest BCUT2D eigenvalue weighted by atomic mass is 35.5. The maximum absolute atomic E-state index is 15.1. The molecule has 3 rings (SSSR count). The molecular weight excluding hydrogens is 476 g/mol. The summed E-state index contributed by atoms with van der Waals surface area (Å²) >= 11 is 5.79. The summed E-state index contributed by atoms with van der Waals surface area (Å²) < 4.78 is 67.6. The monoisotopic (exact) mass is 493 g/mol. The van der Waals surface area contributed by atoms with Crippen molar-refractivity contribution < 1.29 is 26.4 Å². The molecule has 0 saturated carbocycles. The molecule has 0 aliphatic rings. The predicted octanol–water partition coefficient (Wildman–Crippen LogP) is 4.63. The summed E-state index contributed by atoms with van der Waals surface area (Å²) in [6.45, 7) is 1.63. The van der Waals surface area contributed by atoms with Crippen LogP contribution in [-0.4, -0.2) is 37.2 Å². The highest BCUT2D eigenvalue weighted by Gasteiger charge is 2.27. The van der Waals surface area contributed by atoms with E-state index in [1.165, 1.54) is 30.5 Å². The first-order valence-electron chi connectivity index (χ1n) is 9.92. The molecule has 0 N–H and O–H groups in total. The summed E-state index contributed by atoms with van der Waals surface area (Å²) in [4.78, 5) is 19.8. The lowest BCUT2D eigenvalue weighted by Gasteiger charge is -2.15. The lowest BCUT2D eigenvalue weighted by atomic mass is 9.62. The van der Waals surface area contributed by atoms with Crippen LogP contribution in [0.3, 0.4) is 0 Å². The minimum absolute atomic E-state index is 0.0473. The fourth-order valence-corrected chi connectivity index (χ4v) is 5.06. The van der Waals surface area contributed by atoms with Crippen molar-refractivity contribution in [1.29, 1.82) is 0 Å². The Morgan fingerprint density at radius 2 is 1.76 bits per heavy atom. The highest BCUT2D eigenvalue weighted by molar-refractivity contribution is 7.91. The SMILES string of the molecule is C[B]C(C(=O)c1cccc(CCCS(=O)(=O)c2c(F)cccc2F)c1F)c1ccnc(Cl)n1. The van der Waals surface area contributed by atoms with E-state index in [-0.39, 0.29) is 29.3 Å². The van der Waals surface area contributed by atoms with Gasteiger partial charge in [0.2, 0.25) is 5.28 Å². The molecule has 11 heteroatoms. The van der Waals surface area contributed by atoms with Crippen molar-refractivity contribution in [3.8, 4) is 0 Å². The van der Waals surface area contributed by atoms with Crippen molar-refractivity contribution in [3.05, 3.63) is 88.2 Å². The molecule has 171 valence electrons. The highest BCUT2D eigenvalue weighted by Crippen LogP contribution is 2.25. The molecule has 0 fully saturated rings. The summed E-state index contributed by atoms with van der Waals surface area (Å²) in [5, 5.41) is -0.0473. The van der Waals surface area contributed by atoms with Crippen LogP contribution >= 0.6 is 11.6 Å². The van der Waals surface area contributed by atoms with Crippen molar-refractivity contribution in [2.75, 3.05) is 5.75 Å². The third kappa shape index (κ3) is 5.62. The summed E-state index contributed by atoms with van der Waals surface area (Å²) in [5.41, 5.74) is 0.235. The quantitative estimate of drug-likeness (QED) is 0.247. The van der Waals surface area contributed by atoms with Crippen LogP contribution in [0.25, 0.3) is 0 Å². The van der Waals surface area contributed by atoms with E-state index in [4.69, 9.17) is 11.6 Å². The molecule has 0 amide bonds. The van der Waals surface area contributed by atoms with Crippen LogP contribution in [0.2, 0.25) is 12.1 Å². The van der Waals surface area contributed by atoms with Crippen LogP contribution in [0.4, 0.5) is 13.2 Å². The van der Waals surface area contributed by atoms with E-state index < -0.39 is 49.5 Å². The number of hydrogen-bond donors (Lipinski definition) is 0. The molecule has 0 spiro atoms. The molecule has 0 bridgehead atoms. The number of nitrogens with zero attached hydrogens (tertiary/aromatic N) is 2. The largest absolute Gasteiger partial charge is 0.294 e. The van der Waals surface area contributed by atoms with Gasteiger partial charge in [-0.25, -0.2) is 31.6 Å². The Labute approximate surface area is 195 Å². The average molecular weight is 494 g/mol. The number of Topliss-reactive ketones (excluding diaryl/α,β-unsaturated/α-hetero) is 1. The minimum Gasteiger partial charge on any atom is -0.294 e. The summed E-state index contributed by atoms with van der Waals surface area (Å²) in [5.74, 6) is -5.15. The third-order valence-corrected chi connectivity index (χ3v) is 7.04. The van der Waals surface area contributed by atoms with Gasteiger partial charge in [-0.05, 0) is 54.3 Å². The van der Waals surface area contributed by atoms with Crippen LogP contribution in [0.5, 0.6) is 0 Å². The van der Waals surface area contributed by atoms with Gasteiger partial charge < -0.3 is 0 Å². The summed E-state index contributed by atoms with van der Waals surface area (Å²) in [6.07, 6.45) is 1.23. The first-order valence-corrected chi connectivity index (χ1v) is 11.9. The molecule has 1 unspecified atom stereocenters. The van der Waals surface area contributed by atoms with E-state index in [2.05, 4.69) is 9.97 Å². The summed E-state index contributed by atoms with van der Waals surface area (Å²) in [7, 11) is -2.70. The number of benzene rings is 2. The van der Waals surface area contributed by atoms with E-state index in [1.807, 2.05) is 0 Å². The van der Waals surface area contributed by atoms with Gasteiger partial charge in [-0.15, -0.1) is 0 Å². The van der Waals surface area contributed by atoms with Crippen LogP contribution < -0.4 is 0 Å². The van der Waals surface area contributed by atoms with Gasteiger partial charge in [0, 0.05) is 17.7 Å². The number of carbonyl (C=O) groups is 1. The summed E-state index contributed by atoms with van der Waals surface area (Å²) in [6, 6.07) is 8.52. The van der Waals surface area contributed by atoms with Gasteiger partial charge in [0.25, 0.3) is 0 Å². The molecule has 1 atom stereocenters. The number of rotatable bonds is 9. The zero-order valence-electron chi connectivity index (χ0n) is 17.4. The second-order valence-corrected chi connectivity index (χ2v) is 9.56. The lowest BCUT2D eigenvalue weighted by molar-refractivity contribution is 0.0980. The zero-order valence-corrected chi connectivity index (χ0v) is 19.0. The Hall–Kier alpha value is -2.72. The number of hydrogen-bond acceptors (Lipinski definition) is 5. The number of aryl methyl sites for hydroxylation is 1. The van der Waals surface area contributed by atoms with Gasteiger partial charge in [0.15, 0.2) is 15.6 Å².